The minimum absolute atomic E-state index is 0. The molecule has 1 aromatic heterocycles. The number of hydrogen-bond donors (Lipinski definition) is 1. The van der Waals surface area contributed by atoms with Gasteiger partial charge in [-0.05, 0) is 31.2 Å². The van der Waals surface area contributed by atoms with Gasteiger partial charge in [-0.2, -0.15) is 4.98 Å². The lowest BCUT2D eigenvalue weighted by Crippen LogP contribution is -2.44. The Morgan fingerprint density at radius 2 is 2.09 bits per heavy atom. The fourth-order valence-electron chi connectivity index (χ4n) is 2.68. The first kappa shape index (κ1) is 16.9. The van der Waals surface area contributed by atoms with Gasteiger partial charge in [0.05, 0.1) is 6.04 Å². The second-order valence-corrected chi connectivity index (χ2v) is 5.61. The van der Waals surface area contributed by atoms with E-state index in [0.717, 1.165) is 43.9 Å². The normalized spacial score (nSPS) is 18.9. The Morgan fingerprint density at radius 1 is 1.32 bits per heavy atom. The van der Waals surface area contributed by atoms with Crippen molar-refractivity contribution in [3.05, 3.63) is 35.7 Å². The molecule has 2 aromatic rings. The first-order chi connectivity index (χ1) is 10.3. The summed E-state index contributed by atoms with van der Waals surface area (Å²) in [5.74, 6) is 1.37. The van der Waals surface area contributed by atoms with Crippen LogP contribution in [0.2, 0.25) is 0 Å². The predicted molar refractivity (Wildman–Crippen MR) is 89.2 cm³/mol. The quantitative estimate of drug-likeness (QED) is 0.938. The van der Waals surface area contributed by atoms with Gasteiger partial charge in [-0.25, -0.2) is 0 Å². The Hall–Kier alpha value is -1.43. The maximum Gasteiger partial charge on any atom is 0.257 e. The number of aromatic nitrogens is 2. The van der Waals surface area contributed by atoms with Crippen LogP contribution in [0.4, 0.5) is 0 Å². The summed E-state index contributed by atoms with van der Waals surface area (Å²) in [6.45, 7) is 5.06. The summed E-state index contributed by atoms with van der Waals surface area (Å²) in [4.78, 5) is 6.83. The Morgan fingerprint density at radius 3 is 2.77 bits per heavy atom. The molecule has 1 saturated heterocycles. The molecule has 120 valence electrons. The predicted octanol–water partition coefficient (Wildman–Crippen LogP) is 2.69. The van der Waals surface area contributed by atoms with E-state index in [-0.39, 0.29) is 18.4 Å². The highest BCUT2D eigenvalue weighted by Crippen LogP contribution is 2.23. The molecule has 0 saturated carbocycles. The zero-order valence-electron chi connectivity index (χ0n) is 13.1. The fraction of sp³-hybridized carbons (Fsp3) is 0.500. The summed E-state index contributed by atoms with van der Waals surface area (Å²) < 4.78 is 5.44. The molecule has 1 unspecified atom stereocenters. The minimum atomic E-state index is 0. The third-order valence-electron chi connectivity index (χ3n) is 3.99. The highest BCUT2D eigenvalue weighted by atomic mass is 35.5. The van der Waals surface area contributed by atoms with Gasteiger partial charge in [-0.3, -0.25) is 4.90 Å². The summed E-state index contributed by atoms with van der Waals surface area (Å²) in [6.07, 6.45) is 2.26. The van der Waals surface area contributed by atoms with E-state index in [0.29, 0.717) is 5.89 Å². The van der Waals surface area contributed by atoms with E-state index in [1.807, 2.05) is 0 Å². The van der Waals surface area contributed by atoms with Crippen molar-refractivity contribution in [2.24, 2.45) is 0 Å². The van der Waals surface area contributed by atoms with Gasteiger partial charge in [0.25, 0.3) is 5.89 Å². The topological polar surface area (TPSA) is 54.2 Å². The van der Waals surface area contributed by atoms with Gasteiger partial charge in [0, 0.05) is 25.2 Å². The number of nitrogens with one attached hydrogen (secondary N) is 1. The van der Waals surface area contributed by atoms with Crippen LogP contribution in [-0.2, 0) is 6.42 Å². The zero-order valence-corrected chi connectivity index (χ0v) is 13.9. The molecule has 6 heteroatoms. The maximum absolute atomic E-state index is 5.44. The summed E-state index contributed by atoms with van der Waals surface area (Å²) in [5.41, 5.74) is 2.33. The van der Waals surface area contributed by atoms with E-state index in [9.17, 15) is 0 Å². The van der Waals surface area contributed by atoms with Gasteiger partial charge < -0.3 is 9.84 Å². The molecule has 1 aromatic carbocycles. The van der Waals surface area contributed by atoms with Crippen molar-refractivity contribution in [3.8, 4) is 11.5 Å². The lowest BCUT2D eigenvalue weighted by molar-refractivity contribution is 0.190. The highest BCUT2D eigenvalue weighted by molar-refractivity contribution is 5.85. The number of nitrogens with zero attached hydrogens (tertiary/aromatic N) is 3. The van der Waals surface area contributed by atoms with Crippen molar-refractivity contribution in [2.75, 3.05) is 26.7 Å². The number of aryl methyl sites for hydroxylation is 1. The van der Waals surface area contributed by atoms with Gasteiger partial charge in [0.15, 0.2) is 5.82 Å². The second-order valence-electron chi connectivity index (χ2n) is 5.61. The van der Waals surface area contributed by atoms with Crippen molar-refractivity contribution in [1.82, 2.24) is 20.4 Å². The van der Waals surface area contributed by atoms with E-state index in [1.54, 1.807) is 0 Å². The monoisotopic (exact) mass is 322 g/mol. The summed E-state index contributed by atoms with van der Waals surface area (Å²) in [6, 6.07) is 8.58. The van der Waals surface area contributed by atoms with Crippen LogP contribution in [0.3, 0.4) is 0 Å². The van der Waals surface area contributed by atoms with Crippen molar-refractivity contribution >= 4 is 12.4 Å². The molecule has 22 heavy (non-hydrogen) atoms. The minimum Gasteiger partial charge on any atom is -0.334 e. The first-order valence-electron chi connectivity index (χ1n) is 7.62. The van der Waals surface area contributed by atoms with Crippen molar-refractivity contribution in [1.29, 1.82) is 0 Å². The molecule has 1 aliphatic rings. The Labute approximate surface area is 137 Å². The largest absolute Gasteiger partial charge is 0.334 e. The fourth-order valence-corrected chi connectivity index (χ4v) is 2.68. The SMILES string of the molecule is CCCc1ccc(-c2nc(C3CNCCN3C)no2)cc1.Cl. The average Bonchev–Trinajstić information content (AvgIpc) is 2.98. The van der Waals surface area contributed by atoms with E-state index < -0.39 is 0 Å². The molecular weight excluding hydrogens is 300 g/mol. The van der Waals surface area contributed by atoms with E-state index in [1.165, 1.54) is 5.56 Å². The number of piperazine rings is 1. The van der Waals surface area contributed by atoms with Gasteiger partial charge in [-0.15, -0.1) is 12.4 Å². The lowest BCUT2D eigenvalue weighted by Gasteiger charge is -2.30. The summed E-state index contributed by atoms with van der Waals surface area (Å²) in [7, 11) is 2.10. The molecule has 1 fully saturated rings. The number of benzene rings is 1. The zero-order chi connectivity index (χ0) is 14.7. The molecule has 1 aliphatic heterocycles. The molecule has 0 bridgehead atoms. The van der Waals surface area contributed by atoms with Crippen LogP contribution in [0, 0.1) is 0 Å². The number of likely N-dealkylation sites (N-methyl/N-ethyl adjacent to an activating group) is 1. The van der Waals surface area contributed by atoms with Crippen molar-refractivity contribution in [2.45, 2.75) is 25.8 Å². The Kier molecular flexibility index (Phi) is 5.94. The van der Waals surface area contributed by atoms with Crippen LogP contribution in [-0.4, -0.2) is 41.7 Å². The van der Waals surface area contributed by atoms with Crippen LogP contribution in [0.25, 0.3) is 11.5 Å². The van der Waals surface area contributed by atoms with Gasteiger partial charge >= 0.3 is 0 Å². The van der Waals surface area contributed by atoms with E-state index in [4.69, 9.17) is 4.52 Å². The summed E-state index contributed by atoms with van der Waals surface area (Å²) >= 11 is 0. The van der Waals surface area contributed by atoms with Gasteiger partial charge in [0.2, 0.25) is 0 Å². The smallest absolute Gasteiger partial charge is 0.257 e. The van der Waals surface area contributed by atoms with Crippen LogP contribution >= 0.6 is 12.4 Å². The first-order valence-corrected chi connectivity index (χ1v) is 7.62. The Bertz CT molecular complexity index is 584. The third-order valence-corrected chi connectivity index (χ3v) is 3.99. The number of rotatable bonds is 4. The lowest BCUT2D eigenvalue weighted by atomic mass is 10.1. The maximum atomic E-state index is 5.44. The number of hydrogen-bond acceptors (Lipinski definition) is 5. The van der Waals surface area contributed by atoms with Crippen LogP contribution in [0.5, 0.6) is 0 Å². The standard InChI is InChI=1S/C16H22N4O.ClH/c1-3-4-12-5-7-13(8-6-12)16-18-15(19-21-16)14-11-17-9-10-20(14)2;/h5-8,14,17H,3-4,9-11H2,1-2H3;1H. The molecule has 0 spiro atoms. The molecule has 0 aliphatic carbocycles. The van der Waals surface area contributed by atoms with Crippen LogP contribution < -0.4 is 5.32 Å². The van der Waals surface area contributed by atoms with Crippen LogP contribution in [0.1, 0.15) is 30.8 Å². The Balaban J connectivity index is 0.00000176. The number of halogens is 1. The second kappa shape index (κ2) is 7.72. The molecule has 3 rings (SSSR count). The molecular formula is C16H23ClN4O. The van der Waals surface area contributed by atoms with Crippen molar-refractivity contribution < 1.29 is 4.52 Å². The highest BCUT2D eigenvalue weighted by Gasteiger charge is 2.25. The van der Waals surface area contributed by atoms with E-state index in [2.05, 4.69) is 58.6 Å². The molecule has 1 atom stereocenters. The molecule has 5 nitrogen and oxygen atoms in total. The van der Waals surface area contributed by atoms with Crippen molar-refractivity contribution in [3.63, 3.8) is 0 Å². The van der Waals surface area contributed by atoms with Gasteiger partial charge in [0.1, 0.15) is 0 Å². The van der Waals surface area contributed by atoms with Gasteiger partial charge in [-0.1, -0.05) is 30.6 Å². The summed E-state index contributed by atoms with van der Waals surface area (Å²) in [5, 5.41) is 7.53. The molecule has 2 heterocycles. The third kappa shape index (κ3) is 3.66. The molecule has 0 amide bonds. The average molecular weight is 323 g/mol. The van der Waals surface area contributed by atoms with Crippen LogP contribution in [0.15, 0.2) is 28.8 Å². The molecule has 0 radical (unpaired) electrons. The van der Waals surface area contributed by atoms with E-state index >= 15 is 0 Å². The molecule has 1 N–H and O–H groups in total.